The summed E-state index contributed by atoms with van der Waals surface area (Å²) in [5.74, 6) is 1.23. The third-order valence-corrected chi connectivity index (χ3v) is 4.56. The molecule has 7 nitrogen and oxygen atoms in total. The van der Waals surface area contributed by atoms with Gasteiger partial charge in [0.05, 0.1) is 19.3 Å². The highest BCUT2D eigenvalue weighted by atomic mass is 16.7. The maximum Gasteiger partial charge on any atom is 0.231 e. The van der Waals surface area contributed by atoms with Crippen LogP contribution in [0.15, 0.2) is 48.5 Å². The van der Waals surface area contributed by atoms with Crippen molar-refractivity contribution in [3.8, 4) is 11.5 Å². The Morgan fingerprint density at radius 3 is 2.76 bits per heavy atom. The van der Waals surface area contributed by atoms with Gasteiger partial charge in [0.1, 0.15) is 6.10 Å². The van der Waals surface area contributed by atoms with E-state index in [2.05, 4.69) is 5.32 Å². The minimum absolute atomic E-state index is 0.0494. The lowest BCUT2D eigenvalue weighted by Crippen LogP contribution is -2.36. The first-order valence-corrected chi connectivity index (χ1v) is 9.64. The van der Waals surface area contributed by atoms with Crippen LogP contribution in [-0.4, -0.2) is 63.3 Å². The summed E-state index contributed by atoms with van der Waals surface area (Å²) in [6, 6.07) is 14.6. The van der Waals surface area contributed by atoms with Crippen LogP contribution in [0.1, 0.15) is 15.9 Å². The second kappa shape index (κ2) is 10.9. The van der Waals surface area contributed by atoms with Crippen molar-refractivity contribution in [1.29, 1.82) is 0 Å². The van der Waals surface area contributed by atoms with Gasteiger partial charge < -0.3 is 29.4 Å². The van der Waals surface area contributed by atoms with Gasteiger partial charge in [-0.3, -0.25) is 4.79 Å². The molecule has 1 aliphatic rings. The summed E-state index contributed by atoms with van der Waals surface area (Å²) >= 11 is 0. The summed E-state index contributed by atoms with van der Waals surface area (Å²) in [5.41, 5.74) is 1.47. The number of nitrogens with one attached hydrogen (secondary N) is 1. The van der Waals surface area contributed by atoms with Gasteiger partial charge in [-0.25, -0.2) is 0 Å². The van der Waals surface area contributed by atoms with E-state index in [0.29, 0.717) is 43.2 Å². The first kappa shape index (κ1) is 21.3. The number of ether oxygens (including phenoxy) is 4. The number of aliphatic hydroxyl groups excluding tert-OH is 1. The van der Waals surface area contributed by atoms with Gasteiger partial charge in [-0.05, 0) is 17.7 Å². The molecule has 156 valence electrons. The molecule has 2 N–H and O–H groups in total. The van der Waals surface area contributed by atoms with Gasteiger partial charge in [-0.15, -0.1) is 0 Å². The topological polar surface area (TPSA) is 86.2 Å². The van der Waals surface area contributed by atoms with Crippen molar-refractivity contribution < 1.29 is 28.8 Å². The number of rotatable bonds is 12. The van der Waals surface area contributed by atoms with E-state index in [1.54, 1.807) is 19.2 Å². The zero-order chi connectivity index (χ0) is 20.5. The quantitative estimate of drug-likeness (QED) is 0.414. The molecule has 0 radical (unpaired) electrons. The van der Waals surface area contributed by atoms with Crippen LogP contribution in [0.3, 0.4) is 0 Å². The Labute approximate surface area is 170 Å². The van der Waals surface area contributed by atoms with Crippen molar-refractivity contribution in [3.05, 3.63) is 59.7 Å². The summed E-state index contributed by atoms with van der Waals surface area (Å²) < 4.78 is 21.6. The lowest BCUT2D eigenvalue weighted by atomic mass is 9.99. The van der Waals surface area contributed by atoms with E-state index in [0.717, 1.165) is 5.56 Å². The second-order valence-electron chi connectivity index (χ2n) is 6.79. The van der Waals surface area contributed by atoms with E-state index in [9.17, 15) is 9.90 Å². The Morgan fingerprint density at radius 2 is 1.97 bits per heavy atom. The summed E-state index contributed by atoms with van der Waals surface area (Å²) in [7, 11) is 1.62. The third-order valence-electron chi connectivity index (χ3n) is 4.56. The SMILES string of the molecule is COCCNCC(O)COC(Cc1ccc2c(c1)OCO2)C(=O)c1ccccc1. The van der Waals surface area contributed by atoms with Crippen LogP contribution in [0.4, 0.5) is 0 Å². The number of carbonyl (C=O) groups excluding carboxylic acids is 1. The molecule has 29 heavy (non-hydrogen) atoms. The summed E-state index contributed by atoms with van der Waals surface area (Å²) in [6.07, 6.45) is -1.07. The number of fused-ring (bicyclic) bond motifs is 1. The van der Waals surface area contributed by atoms with Crippen LogP contribution in [-0.2, 0) is 15.9 Å². The fourth-order valence-electron chi connectivity index (χ4n) is 3.03. The van der Waals surface area contributed by atoms with E-state index in [1.165, 1.54) is 0 Å². The van der Waals surface area contributed by atoms with Crippen molar-refractivity contribution >= 4 is 5.78 Å². The number of hydrogen-bond donors (Lipinski definition) is 2. The average Bonchev–Trinajstić information content (AvgIpc) is 3.22. The number of benzene rings is 2. The van der Waals surface area contributed by atoms with Crippen LogP contribution < -0.4 is 14.8 Å². The van der Waals surface area contributed by atoms with E-state index >= 15 is 0 Å². The monoisotopic (exact) mass is 401 g/mol. The van der Waals surface area contributed by atoms with Crippen molar-refractivity contribution in [1.82, 2.24) is 5.32 Å². The fourth-order valence-corrected chi connectivity index (χ4v) is 3.03. The number of hydrogen-bond acceptors (Lipinski definition) is 7. The number of Topliss-reactive ketones (excluding diaryl/α,β-unsaturated/α-hetero) is 1. The maximum absolute atomic E-state index is 13.0. The highest BCUT2D eigenvalue weighted by Gasteiger charge is 2.24. The summed E-state index contributed by atoms with van der Waals surface area (Å²) in [4.78, 5) is 13.0. The number of aliphatic hydroxyl groups is 1. The molecule has 0 saturated carbocycles. The predicted octanol–water partition coefficient (Wildman–Crippen LogP) is 1.82. The molecule has 7 heteroatoms. The molecule has 0 aliphatic carbocycles. The van der Waals surface area contributed by atoms with Crippen LogP contribution in [0.2, 0.25) is 0 Å². The fraction of sp³-hybridized carbons (Fsp3) is 0.409. The van der Waals surface area contributed by atoms with Gasteiger partial charge in [0.15, 0.2) is 17.3 Å². The van der Waals surface area contributed by atoms with Gasteiger partial charge >= 0.3 is 0 Å². The molecule has 0 aromatic heterocycles. The molecule has 0 amide bonds. The first-order valence-electron chi connectivity index (χ1n) is 9.64. The summed E-state index contributed by atoms with van der Waals surface area (Å²) in [6.45, 7) is 1.81. The largest absolute Gasteiger partial charge is 0.454 e. The van der Waals surface area contributed by atoms with E-state index in [-0.39, 0.29) is 19.2 Å². The van der Waals surface area contributed by atoms with Gasteiger partial charge in [0.2, 0.25) is 6.79 Å². The molecule has 0 saturated heterocycles. The molecule has 0 spiro atoms. The molecule has 1 heterocycles. The van der Waals surface area contributed by atoms with Crippen LogP contribution in [0.5, 0.6) is 11.5 Å². The average molecular weight is 401 g/mol. The van der Waals surface area contributed by atoms with Crippen LogP contribution in [0, 0.1) is 0 Å². The molecule has 1 aliphatic heterocycles. The van der Waals surface area contributed by atoms with Gasteiger partial charge in [-0.2, -0.15) is 0 Å². The Balaban J connectivity index is 1.64. The molecule has 2 atom stereocenters. The zero-order valence-corrected chi connectivity index (χ0v) is 16.5. The second-order valence-corrected chi connectivity index (χ2v) is 6.79. The minimum Gasteiger partial charge on any atom is -0.454 e. The molecule has 3 rings (SSSR count). The molecular formula is C22H27NO6. The molecule has 2 unspecified atom stereocenters. The molecular weight excluding hydrogens is 374 g/mol. The Hall–Kier alpha value is -2.45. The Morgan fingerprint density at radius 1 is 1.17 bits per heavy atom. The van der Waals surface area contributed by atoms with Gasteiger partial charge in [0, 0.05) is 32.2 Å². The smallest absolute Gasteiger partial charge is 0.231 e. The lowest BCUT2D eigenvalue weighted by molar-refractivity contribution is -0.00199. The van der Waals surface area contributed by atoms with E-state index in [1.807, 2.05) is 36.4 Å². The van der Waals surface area contributed by atoms with Crippen molar-refractivity contribution in [2.24, 2.45) is 0 Å². The zero-order valence-electron chi connectivity index (χ0n) is 16.5. The van der Waals surface area contributed by atoms with Crippen molar-refractivity contribution in [3.63, 3.8) is 0 Å². The van der Waals surface area contributed by atoms with E-state index < -0.39 is 12.2 Å². The Kier molecular flexibility index (Phi) is 8.01. The molecule has 2 aromatic carbocycles. The Bertz CT molecular complexity index is 782. The summed E-state index contributed by atoms with van der Waals surface area (Å²) in [5, 5.41) is 13.2. The first-order chi connectivity index (χ1) is 14.2. The number of ketones is 1. The third kappa shape index (κ3) is 6.27. The molecule has 2 aromatic rings. The van der Waals surface area contributed by atoms with Gasteiger partial charge in [-0.1, -0.05) is 36.4 Å². The highest BCUT2D eigenvalue weighted by molar-refractivity contribution is 5.99. The maximum atomic E-state index is 13.0. The number of methoxy groups -OCH3 is 1. The van der Waals surface area contributed by atoms with Crippen LogP contribution >= 0.6 is 0 Å². The standard InChI is InChI=1S/C22H27NO6/c1-26-10-9-23-13-18(24)14-27-21(22(25)17-5-3-2-4-6-17)12-16-7-8-19-20(11-16)29-15-28-19/h2-8,11,18,21,23-24H,9-10,12-15H2,1H3. The lowest BCUT2D eigenvalue weighted by Gasteiger charge is -2.20. The van der Waals surface area contributed by atoms with Gasteiger partial charge in [0.25, 0.3) is 0 Å². The predicted molar refractivity (Wildman–Crippen MR) is 108 cm³/mol. The normalized spacial score (nSPS) is 14.6. The minimum atomic E-state index is -0.727. The molecule has 0 bridgehead atoms. The van der Waals surface area contributed by atoms with Crippen LogP contribution in [0.25, 0.3) is 0 Å². The van der Waals surface area contributed by atoms with Crippen molar-refractivity contribution in [2.75, 3.05) is 40.2 Å². The highest BCUT2D eigenvalue weighted by Crippen LogP contribution is 2.33. The number of carbonyl (C=O) groups is 1. The van der Waals surface area contributed by atoms with Crippen molar-refractivity contribution in [2.45, 2.75) is 18.6 Å². The molecule has 0 fully saturated rings. The van der Waals surface area contributed by atoms with E-state index in [4.69, 9.17) is 18.9 Å².